The average molecular weight is 1490 g/mol. The van der Waals surface area contributed by atoms with Gasteiger partial charge in [-0.05, 0) is 133 Å². The minimum atomic E-state index is -2.20. The summed E-state index contributed by atoms with van der Waals surface area (Å²) in [4.78, 5) is 102. The Balaban J connectivity index is 0.926. The number of nitrogens with zero attached hydrogens (tertiary/aromatic N) is 3. The molecule has 6 aromatic rings. The molecule has 2 aliphatic heterocycles. The fourth-order valence-corrected chi connectivity index (χ4v) is 14.5. The molecule has 9 rings (SSSR count). The molecule has 106 heavy (non-hydrogen) atoms. The second-order valence-corrected chi connectivity index (χ2v) is 40.2. The third-order valence-corrected chi connectivity index (χ3v) is 29.8. The van der Waals surface area contributed by atoms with Gasteiger partial charge < -0.3 is 67.8 Å². The van der Waals surface area contributed by atoms with E-state index in [1.807, 2.05) is 77.7 Å². The van der Waals surface area contributed by atoms with Crippen LogP contribution >= 0.6 is 0 Å². The SMILES string of the molecule is C=CCOC(=O)N[C@H](C(=O)N[C@@H](C)C(=O)Nc1ccc(COC(=O)Nc2cc(OCc3cccc(COc4cc(N(C)C(=O)OC5c6ccccc6-c6ccccc65)c(C(=O)N5CCC[C@H]5CO[Si](C)(C)C(C)(C)C)cc4OC)c3)c(OC)cc2C(=O)N2CCC[C@H]2CO[Si](C)(C)C(C)(C)C)cc1)C(C)C. The van der Waals surface area contributed by atoms with E-state index in [9.17, 15) is 28.8 Å². The molecule has 0 spiro atoms. The maximum atomic E-state index is 15.2. The Morgan fingerprint density at radius 1 is 0.585 bits per heavy atom. The van der Waals surface area contributed by atoms with Crippen LogP contribution in [0.1, 0.15) is 143 Å². The summed E-state index contributed by atoms with van der Waals surface area (Å²) in [6, 6.07) is 33.8. The molecule has 2 fully saturated rings. The number of nitrogens with one attached hydrogen (secondary N) is 4. The Morgan fingerprint density at radius 3 is 1.62 bits per heavy atom. The molecular formula is C81H105N7O16Si2. The van der Waals surface area contributed by atoms with E-state index in [4.69, 9.17) is 42.0 Å². The first-order chi connectivity index (χ1) is 50.2. The number of rotatable bonds is 29. The standard InChI is InChI=1S/C81H105N7O16Si2/c1-18-40-98-78(94)85-71(51(2)3)74(90)82-52(4)73(89)83-56-36-34-53(35-37-56)46-101-77(93)84-65-44-69(67(96-12)42-63(65)75(91)87-38-24-28-57(87)49-102-105(14,15)80(5,6)7)99-47-54-26-23-27-55(41-54)48-100-70-45-66(86(11)79(95)104-72-61-32-21-19-30-59(61)60-31-20-22-33-62(60)72)64(43-68(70)97-13)76(92)88-39-25-29-58(88)50-103-106(16,17)81(8,9)10/h18-23,26-27,30-37,41-45,51-52,57-58,71-72H,1,24-25,28-29,38-40,46-50H2,2-17H3,(H,82,90)(H,83,89)(H,84,93)(H,85,94)/t52-,57-,58-,71-/m0/s1. The van der Waals surface area contributed by atoms with E-state index in [0.717, 1.165) is 59.1 Å². The van der Waals surface area contributed by atoms with Gasteiger partial charge in [-0.15, -0.1) is 0 Å². The lowest BCUT2D eigenvalue weighted by Gasteiger charge is -2.38. The van der Waals surface area contributed by atoms with Gasteiger partial charge in [-0.25, -0.2) is 14.4 Å². The lowest BCUT2D eigenvalue weighted by molar-refractivity contribution is -0.128. The quantitative estimate of drug-likeness (QED) is 0.0193. The third-order valence-electron chi connectivity index (χ3n) is 20.8. The Labute approximate surface area is 625 Å². The number of alkyl carbamates (subject to hydrolysis) is 1. The molecule has 0 saturated carbocycles. The second kappa shape index (κ2) is 34.7. The number of ether oxygens (including phenoxy) is 7. The normalized spacial score (nSPS) is 15.7. The molecule has 0 bridgehead atoms. The van der Waals surface area contributed by atoms with Crippen LogP contribution < -0.4 is 45.1 Å². The molecule has 1 aliphatic carbocycles. The molecule has 0 radical (unpaired) electrons. The molecule has 2 saturated heterocycles. The Morgan fingerprint density at radius 2 is 1.10 bits per heavy atom. The number of fused-ring (bicyclic) bond motifs is 3. The molecule has 7 amide bonds. The number of benzene rings is 6. The van der Waals surface area contributed by atoms with E-state index in [0.29, 0.717) is 37.6 Å². The number of methoxy groups -OCH3 is 2. The molecule has 3 aliphatic rings. The fourth-order valence-electron chi connectivity index (χ4n) is 12.4. The van der Waals surface area contributed by atoms with Crippen molar-refractivity contribution < 1.29 is 75.6 Å². The Bertz CT molecular complexity index is 4130. The summed E-state index contributed by atoms with van der Waals surface area (Å²) in [5, 5.41) is 10.7. The van der Waals surface area contributed by atoms with E-state index in [2.05, 4.69) is 95.6 Å². The summed E-state index contributed by atoms with van der Waals surface area (Å²) in [5.74, 6) is -1.06. The van der Waals surface area contributed by atoms with Crippen LogP contribution in [0.4, 0.5) is 31.4 Å². The average Bonchev–Trinajstić information content (AvgIpc) is 1.54. The van der Waals surface area contributed by atoms with Gasteiger partial charge in [0.25, 0.3) is 11.8 Å². The number of carbonyl (C=O) groups excluding carboxylic acids is 7. The molecule has 0 aromatic heterocycles. The van der Waals surface area contributed by atoms with Crippen LogP contribution in [0, 0.1) is 5.92 Å². The van der Waals surface area contributed by atoms with Crippen LogP contribution in [0.2, 0.25) is 36.3 Å². The van der Waals surface area contributed by atoms with Crippen LogP contribution in [0.15, 0.2) is 134 Å². The molecule has 23 nitrogen and oxygen atoms in total. The summed E-state index contributed by atoms with van der Waals surface area (Å²) in [5.41, 5.74) is 6.83. The van der Waals surface area contributed by atoms with Crippen LogP contribution in [-0.4, -0.2) is 147 Å². The van der Waals surface area contributed by atoms with Crippen molar-refractivity contribution in [3.63, 3.8) is 0 Å². The zero-order chi connectivity index (χ0) is 77.0. The third kappa shape index (κ3) is 19.5. The van der Waals surface area contributed by atoms with Crippen molar-refractivity contribution in [3.05, 3.63) is 173 Å². The van der Waals surface area contributed by atoms with Crippen molar-refractivity contribution in [2.75, 3.05) is 69.7 Å². The van der Waals surface area contributed by atoms with E-state index in [1.54, 1.807) is 74.3 Å². The fraction of sp³-hybridized carbons (Fsp3) is 0.444. The first-order valence-electron chi connectivity index (χ1n) is 36.2. The van der Waals surface area contributed by atoms with Crippen LogP contribution in [-0.2, 0) is 52.5 Å². The summed E-state index contributed by atoms with van der Waals surface area (Å²) in [6.07, 6.45) is 1.39. The van der Waals surface area contributed by atoms with Gasteiger partial charge in [0.2, 0.25) is 11.8 Å². The van der Waals surface area contributed by atoms with Crippen molar-refractivity contribution in [1.82, 2.24) is 20.4 Å². The Hall–Kier alpha value is -9.70. The van der Waals surface area contributed by atoms with Crippen LogP contribution in [0.5, 0.6) is 23.0 Å². The van der Waals surface area contributed by atoms with E-state index in [1.165, 1.54) is 32.1 Å². The van der Waals surface area contributed by atoms with Crippen LogP contribution in [0.3, 0.4) is 0 Å². The number of amides is 7. The van der Waals surface area contributed by atoms with Gasteiger partial charge in [0, 0.05) is 49.1 Å². The zero-order valence-corrected chi connectivity index (χ0v) is 66.2. The largest absolute Gasteiger partial charge is 0.493 e. The van der Waals surface area contributed by atoms with E-state index < -0.39 is 64.9 Å². The highest BCUT2D eigenvalue weighted by atomic mass is 28.4. The van der Waals surface area contributed by atoms with Crippen LogP contribution in [0.25, 0.3) is 11.1 Å². The van der Waals surface area contributed by atoms with Gasteiger partial charge in [0.1, 0.15) is 38.5 Å². The monoisotopic (exact) mass is 1490 g/mol. The maximum absolute atomic E-state index is 15.2. The number of anilines is 3. The summed E-state index contributed by atoms with van der Waals surface area (Å²) >= 11 is 0. The summed E-state index contributed by atoms with van der Waals surface area (Å²) in [6.45, 7) is 31.9. The zero-order valence-electron chi connectivity index (χ0n) is 64.2. The highest BCUT2D eigenvalue weighted by molar-refractivity contribution is 6.74. The van der Waals surface area contributed by atoms with Gasteiger partial charge in [0.05, 0.1) is 62.0 Å². The van der Waals surface area contributed by atoms with E-state index >= 15 is 4.79 Å². The molecule has 25 heteroatoms. The first-order valence-corrected chi connectivity index (χ1v) is 42.0. The highest BCUT2D eigenvalue weighted by Crippen LogP contribution is 2.47. The highest BCUT2D eigenvalue weighted by Gasteiger charge is 2.43. The summed E-state index contributed by atoms with van der Waals surface area (Å²) < 4.78 is 55.6. The molecule has 568 valence electrons. The molecule has 6 aromatic carbocycles. The van der Waals surface area contributed by atoms with Gasteiger partial charge in [0.15, 0.2) is 45.7 Å². The minimum absolute atomic E-state index is 0.000697. The van der Waals surface area contributed by atoms with Crippen molar-refractivity contribution in [2.24, 2.45) is 5.92 Å². The van der Waals surface area contributed by atoms with Gasteiger partial charge in [-0.1, -0.05) is 147 Å². The summed E-state index contributed by atoms with van der Waals surface area (Å²) in [7, 11) is 0.189. The number of carbonyl (C=O) groups is 7. The second-order valence-electron chi connectivity index (χ2n) is 30.6. The van der Waals surface area contributed by atoms with Crippen molar-refractivity contribution in [2.45, 2.75) is 174 Å². The number of likely N-dealkylation sites (tertiary alicyclic amines) is 2. The maximum Gasteiger partial charge on any atom is 0.414 e. The molecule has 4 N–H and O–H groups in total. The van der Waals surface area contributed by atoms with Crippen molar-refractivity contribution in [3.8, 4) is 34.1 Å². The smallest absolute Gasteiger partial charge is 0.414 e. The number of hydrogen-bond acceptors (Lipinski definition) is 16. The molecule has 2 heterocycles. The van der Waals surface area contributed by atoms with Crippen molar-refractivity contribution in [1.29, 1.82) is 0 Å². The van der Waals surface area contributed by atoms with Gasteiger partial charge in [-0.3, -0.25) is 29.4 Å². The van der Waals surface area contributed by atoms with Crippen molar-refractivity contribution >= 4 is 75.6 Å². The predicted molar refractivity (Wildman–Crippen MR) is 414 cm³/mol. The minimum Gasteiger partial charge on any atom is -0.493 e. The van der Waals surface area contributed by atoms with E-state index in [-0.39, 0.29) is 112 Å². The molecular weight excluding hydrogens is 1380 g/mol. The molecule has 0 unspecified atom stereocenters. The first kappa shape index (κ1) is 80.4. The topological polar surface area (TPSA) is 260 Å². The lowest BCUT2D eigenvalue weighted by Crippen LogP contribution is -2.53. The number of hydrogen-bond donors (Lipinski definition) is 4. The van der Waals surface area contributed by atoms with Gasteiger partial charge >= 0.3 is 18.3 Å². The lowest BCUT2D eigenvalue weighted by atomic mass is 10.0. The molecule has 4 atom stereocenters. The Kier molecular flexibility index (Phi) is 26.3. The predicted octanol–water partition coefficient (Wildman–Crippen LogP) is 15.6. The van der Waals surface area contributed by atoms with Gasteiger partial charge in [-0.2, -0.15) is 0 Å².